The van der Waals surface area contributed by atoms with E-state index >= 15 is 0 Å². The third-order valence-corrected chi connectivity index (χ3v) is 0.231. The van der Waals surface area contributed by atoms with Gasteiger partial charge < -0.3 is 4.74 Å². The minimum Gasteiger partial charge on any atom is -0.388 e. The maximum absolute atomic E-state index is 10.6. The van der Waals surface area contributed by atoms with Gasteiger partial charge in [-0.05, 0) is 0 Å². The van der Waals surface area contributed by atoms with Gasteiger partial charge in [0.15, 0.2) is 0 Å². The Hall–Kier alpha value is -0.290. The molecule has 0 unspecified atom stereocenters. The molecular weight excluding hydrogens is 137 g/mol. The van der Waals surface area contributed by atoms with Crippen molar-refractivity contribution in [1.29, 1.82) is 0 Å². The second kappa shape index (κ2) is 5.84. The summed E-state index contributed by atoms with van der Waals surface area (Å²) in [4.78, 5) is 0. The molecule has 0 aliphatic heterocycles. The molecule has 0 spiro atoms. The molecule has 2 nitrogen and oxygen atoms in total. The normalized spacial score (nSPS) is 10.0. The molecule has 0 atom stereocenters. The van der Waals surface area contributed by atoms with Crippen LogP contribution in [0.2, 0.25) is 0 Å². The zero-order chi connectivity index (χ0) is 7.91. The van der Waals surface area contributed by atoms with E-state index in [9.17, 15) is 13.2 Å². The Balaban J connectivity index is 0. The number of halogens is 3. The van der Waals surface area contributed by atoms with E-state index in [1.165, 1.54) is 0 Å². The Bertz CT molecular complexity index is 52.3. The lowest BCUT2D eigenvalue weighted by Gasteiger charge is -1.97. The molecule has 9 heavy (non-hydrogen) atoms. The van der Waals surface area contributed by atoms with Gasteiger partial charge in [-0.3, -0.25) is 4.74 Å². The average Bonchev–Trinajstić information content (AvgIpc) is 1.67. The van der Waals surface area contributed by atoms with Crippen LogP contribution >= 0.6 is 0 Å². The average molecular weight is 146 g/mol. The summed E-state index contributed by atoms with van der Waals surface area (Å²) >= 11 is 0. The molecule has 0 saturated carbocycles. The van der Waals surface area contributed by atoms with E-state index < -0.39 is 6.36 Å². The first-order valence-corrected chi connectivity index (χ1v) is 2.00. The Morgan fingerprint density at radius 1 is 1.00 bits per heavy atom. The molecule has 0 aromatic heterocycles. The Morgan fingerprint density at radius 3 is 1.11 bits per heavy atom. The fourth-order valence-corrected chi connectivity index (χ4v) is 0. The van der Waals surface area contributed by atoms with Gasteiger partial charge >= 0.3 is 6.36 Å². The maximum Gasteiger partial charge on any atom is 0.522 e. The van der Waals surface area contributed by atoms with E-state index in [1.54, 1.807) is 14.2 Å². The van der Waals surface area contributed by atoms with Crippen molar-refractivity contribution in [2.45, 2.75) is 6.36 Å². The molecule has 0 aliphatic carbocycles. The zero-order valence-corrected chi connectivity index (χ0v) is 5.45. The highest BCUT2D eigenvalue weighted by atomic mass is 19.4. The number of hydrogen-bond acceptors (Lipinski definition) is 2. The quantitative estimate of drug-likeness (QED) is 0.514. The number of alkyl halides is 3. The van der Waals surface area contributed by atoms with E-state index in [4.69, 9.17) is 0 Å². The fraction of sp³-hybridized carbons (Fsp3) is 1.00. The molecule has 0 heterocycles. The lowest BCUT2D eigenvalue weighted by molar-refractivity contribution is -0.311. The largest absolute Gasteiger partial charge is 0.522 e. The molecule has 0 N–H and O–H groups in total. The first-order chi connectivity index (χ1) is 3.97. The van der Waals surface area contributed by atoms with Crippen LogP contribution in [0.15, 0.2) is 0 Å². The molecule has 5 heteroatoms. The van der Waals surface area contributed by atoms with Crippen molar-refractivity contribution in [1.82, 2.24) is 0 Å². The first kappa shape index (κ1) is 11.5. The van der Waals surface area contributed by atoms with Crippen molar-refractivity contribution >= 4 is 0 Å². The summed E-state index contributed by atoms with van der Waals surface area (Å²) in [7, 11) is 3.83. The van der Waals surface area contributed by atoms with Gasteiger partial charge in [0, 0.05) is 21.3 Å². The molecule has 58 valence electrons. The van der Waals surface area contributed by atoms with E-state index in [-0.39, 0.29) is 0 Å². The van der Waals surface area contributed by atoms with E-state index in [2.05, 4.69) is 9.47 Å². The summed E-state index contributed by atoms with van der Waals surface area (Å²) < 4.78 is 38.9. The Kier molecular flexibility index (Phi) is 7.46. The number of rotatable bonds is 0. The molecule has 0 aromatic rings. The van der Waals surface area contributed by atoms with Crippen LogP contribution in [0.4, 0.5) is 13.2 Å². The van der Waals surface area contributed by atoms with Crippen molar-refractivity contribution in [3.63, 3.8) is 0 Å². The second-order valence-electron chi connectivity index (χ2n) is 1.06. The van der Waals surface area contributed by atoms with Gasteiger partial charge in [0.05, 0.1) is 0 Å². The Morgan fingerprint density at radius 2 is 1.11 bits per heavy atom. The van der Waals surface area contributed by atoms with E-state index in [1.807, 2.05) is 0 Å². The van der Waals surface area contributed by atoms with Crippen LogP contribution in [0, 0.1) is 0 Å². The number of ether oxygens (including phenoxy) is 2. The van der Waals surface area contributed by atoms with Gasteiger partial charge in [0.1, 0.15) is 0 Å². The topological polar surface area (TPSA) is 18.5 Å². The number of methoxy groups -OCH3 is 2. The van der Waals surface area contributed by atoms with Crippen molar-refractivity contribution in [2.75, 3.05) is 21.3 Å². The SMILES string of the molecule is COC.COC(F)(F)F. The Labute approximate surface area is 51.6 Å². The first-order valence-electron chi connectivity index (χ1n) is 2.00. The minimum absolute atomic E-state index is 0.583. The summed E-state index contributed by atoms with van der Waals surface area (Å²) in [5, 5.41) is 0. The van der Waals surface area contributed by atoms with Crippen molar-refractivity contribution in [3.05, 3.63) is 0 Å². The standard InChI is InChI=1S/C2H3F3O.C2H6O/c1-6-2(3,4)5;1-3-2/h1H3;1-2H3. The van der Waals surface area contributed by atoms with Gasteiger partial charge in [-0.2, -0.15) is 0 Å². The van der Waals surface area contributed by atoms with E-state index in [0.717, 1.165) is 0 Å². The van der Waals surface area contributed by atoms with Crippen LogP contribution < -0.4 is 0 Å². The monoisotopic (exact) mass is 146 g/mol. The maximum atomic E-state index is 10.6. The van der Waals surface area contributed by atoms with Crippen LogP contribution in [0.3, 0.4) is 0 Å². The summed E-state index contributed by atoms with van der Waals surface area (Å²) in [5.74, 6) is 0. The van der Waals surface area contributed by atoms with E-state index in [0.29, 0.717) is 7.11 Å². The molecule has 0 amide bonds. The van der Waals surface area contributed by atoms with Gasteiger partial charge in [-0.15, -0.1) is 13.2 Å². The summed E-state index contributed by atoms with van der Waals surface area (Å²) in [6.07, 6.45) is -4.46. The number of hydrogen-bond donors (Lipinski definition) is 0. The van der Waals surface area contributed by atoms with Gasteiger partial charge in [0.25, 0.3) is 0 Å². The highest BCUT2D eigenvalue weighted by Gasteiger charge is 2.25. The highest BCUT2D eigenvalue weighted by molar-refractivity contribution is 4.15. The molecule has 0 saturated heterocycles. The predicted molar refractivity (Wildman–Crippen MR) is 26.0 cm³/mol. The van der Waals surface area contributed by atoms with Gasteiger partial charge in [-0.1, -0.05) is 0 Å². The molecule has 0 aromatic carbocycles. The van der Waals surface area contributed by atoms with Crippen molar-refractivity contribution in [3.8, 4) is 0 Å². The van der Waals surface area contributed by atoms with Gasteiger partial charge in [0.2, 0.25) is 0 Å². The van der Waals surface area contributed by atoms with Crippen molar-refractivity contribution in [2.24, 2.45) is 0 Å². The lowest BCUT2D eigenvalue weighted by atomic mass is 11.3. The smallest absolute Gasteiger partial charge is 0.388 e. The fourth-order valence-electron chi connectivity index (χ4n) is 0. The van der Waals surface area contributed by atoms with Gasteiger partial charge in [-0.25, -0.2) is 0 Å². The van der Waals surface area contributed by atoms with Crippen LogP contribution in [-0.4, -0.2) is 27.7 Å². The third-order valence-electron chi connectivity index (χ3n) is 0.231. The second-order valence-corrected chi connectivity index (χ2v) is 1.06. The molecule has 0 aliphatic rings. The van der Waals surface area contributed by atoms with Crippen LogP contribution in [0.5, 0.6) is 0 Å². The third kappa shape index (κ3) is 34.2. The molecular formula is C4H9F3O2. The summed E-state index contributed by atoms with van der Waals surface area (Å²) in [5.41, 5.74) is 0. The molecule has 0 bridgehead atoms. The summed E-state index contributed by atoms with van der Waals surface area (Å²) in [6, 6.07) is 0. The summed E-state index contributed by atoms with van der Waals surface area (Å²) in [6.45, 7) is 0. The van der Waals surface area contributed by atoms with Crippen LogP contribution in [0.25, 0.3) is 0 Å². The minimum atomic E-state index is -4.46. The lowest BCUT2D eigenvalue weighted by Crippen LogP contribution is -2.08. The molecule has 0 rings (SSSR count). The van der Waals surface area contributed by atoms with Crippen LogP contribution in [0.1, 0.15) is 0 Å². The van der Waals surface area contributed by atoms with Crippen molar-refractivity contribution < 1.29 is 22.6 Å². The molecule has 0 radical (unpaired) electrons. The highest BCUT2D eigenvalue weighted by Crippen LogP contribution is 2.13. The predicted octanol–water partition coefficient (Wildman–Crippen LogP) is 1.42. The molecule has 0 fully saturated rings. The zero-order valence-electron chi connectivity index (χ0n) is 5.45. The van der Waals surface area contributed by atoms with Crippen LogP contribution in [-0.2, 0) is 9.47 Å².